The molecule has 1 aliphatic carbocycles. The molecule has 0 spiro atoms. The second kappa shape index (κ2) is 10.2. The Kier molecular flexibility index (Phi) is 7.40. The molecule has 1 heterocycles. The summed E-state index contributed by atoms with van der Waals surface area (Å²) in [6.45, 7) is 0.835. The van der Waals surface area contributed by atoms with Gasteiger partial charge in [0.2, 0.25) is 11.5 Å². The Morgan fingerprint density at radius 3 is 2.36 bits per heavy atom. The van der Waals surface area contributed by atoms with Crippen molar-refractivity contribution in [3.05, 3.63) is 48.3 Å². The molecule has 1 aliphatic heterocycles. The third-order valence-electron chi connectivity index (χ3n) is 6.12. The van der Waals surface area contributed by atoms with Gasteiger partial charge in [0.1, 0.15) is 23.8 Å². The van der Waals surface area contributed by atoms with E-state index in [1.54, 1.807) is 0 Å². The fourth-order valence-electron chi connectivity index (χ4n) is 3.67. The minimum Gasteiger partial charge on any atom is -0.484 e. The molecule has 0 aromatic heterocycles. The average Bonchev–Trinajstić information content (AvgIpc) is 3.57. The molecule has 2 aromatic carbocycles. The first-order chi connectivity index (χ1) is 18.1. The molecule has 212 valence electrons. The summed E-state index contributed by atoms with van der Waals surface area (Å²) in [5, 5.41) is 4.66. The summed E-state index contributed by atoms with van der Waals surface area (Å²) in [5.74, 6) is -1.97. The van der Waals surface area contributed by atoms with Gasteiger partial charge >= 0.3 is 12.3 Å². The number of alkyl halides is 4. The highest BCUT2D eigenvalue weighted by Gasteiger charge is 2.51. The molecule has 4 rings (SSSR count). The van der Waals surface area contributed by atoms with Crippen molar-refractivity contribution in [2.24, 2.45) is 5.92 Å². The van der Waals surface area contributed by atoms with Crippen molar-refractivity contribution in [1.82, 2.24) is 5.32 Å². The normalized spacial score (nSPS) is 20.9. The summed E-state index contributed by atoms with van der Waals surface area (Å²) in [7, 11) is -4.35. The van der Waals surface area contributed by atoms with Crippen LogP contribution in [0, 0.1) is 11.7 Å². The van der Waals surface area contributed by atoms with Crippen LogP contribution in [0.3, 0.4) is 0 Å². The standard InChI is InChI=1S/C24H24F5N3O6S/c1-23(2,24(27,28)29)38-22(34)31-14-5-8-20-19(9-14)32(39(35,36)16-6-3-13(25)4-7-16)12-15(37-20)11-30-21(33)17-10-18(17)26/h3-9,15,17-18H,10-12H2,1-2H3,(H,30,33)(H,31,34)/t15-,17+,18-/m0/s1. The summed E-state index contributed by atoms with van der Waals surface area (Å²) in [6, 6.07) is 7.68. The van der Waals surface area contributed by atoms with Gasteiger partial charge in [-0.2, -0.15) is 13.2 Å². The molecule has 0 saturated heterocycles. The predicted molar refractivity (Wildman–Crippen MR) is 128 cm³/mol. The number of nitrogens with one attached hydrogen (secondary N) is 2. The van der Waals surface area contributed by atoms with Crippen LogP contribution in [-0.4, -0.2) is 57.6 Å². The molecule has 2 aliphatic rings. The van der Waals surface area contributed by atoms with Crippen molar-refractivity contribution in [3.8, 4) is 5.75 Å². The van der Waals surface area contributed by atoms with Crippen molar-refractivity contribution in [1.29, 1.82) is 0 Å². The van der Waals surface area contributed by atoms with Crippen LogP contribution in [0.5, 0.6) is 5.75 Å². The van der Waals surface area contributed by atoms with Gasteiger partial charge in [0, 0.05) is 5.69 Å². The predicted octanol–water partition coefficient (Wildman–Crippen LogP) is 4.15. The highest BCUT2D eigenvalue weighted by atomic mass is 32.2. The van der Waals surface area contributed by atoms with Gasteiger partial charge in [-0.05, 0) is 62.7 Å². The van der Waals surface area contributed by atoms with Gasteiger partial charge in [-0.1, -0.05) is 0 Å². The maximum Gasteiger partial charge on any atom is 0.427 e. The van der Waals surface area contributed by atoms with Gasteiger partial charge in [0.25, 0.3) is 10.0 Å². The highest BCUT2D eigenvalue weighted by molar-refractivity contribution is 7.92. The molecule has 9 nitrogen and oxygen atoms in total. The number of fused-ring (bicyclic) bond motifs is 1. The minimum absolute atomic E-state index is 0.00974. The molecule has 39 heavy (non-hydrogen) atoms. The van der Waals surface area contributed by atoms with Gasteiger partial charge in [-0.15, -0.1) is 0 Å². The molecule has 0 bridgehead atoms. The maximum atomic E-state index is 13.5. The zero-order valence-electron chi connectivity index (χ0n) is 20.6. The van der Waals surface area contributed by atoms with E-state index in [9.17, 15) is 40.0 Å². The Hall–Kier alpha value is -3.62. The van der Waals surface area contributed by atoms with Crippen LogP contribution < -0.4 is 19.7 Å². The summed E-state index contributed by atoms with van der Waals surface area (Å²) in [5.41, 5.74) is -2.98. The number of anilines is 2. The average molecular weight is 578 g/mol. The van der Waals surface area contributed by atoms with Crippen LogP contribution in [0.4, 0.5) is 38.1 Å². The number of ether oxygens (including phenoxy) is 2. The smallest absolute Gasteiger partial charge is 0.427 e. The van der Waals surface area contributed by atoms with Crippen LogP contribution in [0.1, 0.15) is 20.3 Å². The zero-order valence-corrected chi connectivity index (χ0v) is 21.4. The van der Waals surface area contributed by atoms with Gasteiger partial charge in [0.05, 0.1) is 29.6 Å². The van der Waals surface area contributed by atoms with Crippen molar-refractivity contribution >= 4 is 33.4 Å². The topological polar surface area (TPSA) is 114 Å². The minimum atomic E-state index is -4.84. The summed E-state index contributed by atoms with van der Waals surface area (Å²) in [4.78, 5) is 23.9. The number of carbonyl (C=O) groups excluding carboxylic acids is 2. The van der Waals surface area contributed by atoms with Gasteiger partial charge in [-0.3, -0.25) is 14.4 Å². The molecule has 15 heteroatoms. The van der Waals surface area contributed by atoms with Crippen LogP contribution in [0.2, 0.25) is 0 Å². The van der Waals surface area contributed by atoms with E-state index in [1.165, 1.54) is 12.1 Å². The first kappa shape index (κ1) is 28.4. The van der Waals surface area contributed by atoms with Crippen LogP contribution >= 0.6 is 0 Å². The molecule has 2 amide bonds. The largest absolute Gasteiger partial charge is 0.484 e. The Bertz CT molecular complexity index is 1370. The number of halogens is 5. The van der Waals surface area contributed by atoms with E-state index in [-0.39, 0.29) is 41.5 Å². The molecule has 2 aromatic rings. The second-order valence-corrected chi connectivity index (χ2v) is 11.4. The number of hydrogen-bond acceptors (Lipinski definition) is 6. The first-order valence-electron chi connectivity index (χ1n) is 11.7. The van der Waals surface area contributed by atoms with E-state index in [0.29, 0.717) is 13.8 Å². The molecule has 2 N–H and O–H groups in total. The summed E-state index contributed by atoms with van der Waals surface area (Å²) in [6.07, 6.45) is -8.32. The Balaban J connectivity index is 1.60. The van der Waals surface area contributed by atoms with Crippen LogP contribution in [0.15, 0.2) is 47.4 Å². The van der Waals surface area contributed by atoms with Crippen molar-refractivity contribution < 1.29 is 49.4 Å². The molecule has 1 fully saturated rings. The number of carbonyl (C=O) groups is 2. The lowest BCUT2D eigenvalue weighted by Crippen LogP contribution is -2.48. The zero-order chi connectivity index (χ0) is 28.8. The highest BCUT2D eigenvalue weighted by Crippen LogP contribution is 2.40. The molecule has 0 unspecified atom stereocenters. The molecular weight excluding hydrogens is 553 g/mol. The number of amides is 2. The Morgan fingerprint density at radius 1 is 1.13 bits per heavy atom. The monoisotopic (exact) mass is 577 g/mol. The number of hydrogen-bond donors (Lipinski definition) is 2. The van der Waals surface area contributed by atoms with E-state index in [2.05, 4.69) is 15.4 Å². The summed E-state index contributed by atoms with van der Waals surface area (Å²) < 4.78 is 104. The lowest BCUT2D eigenvalue weighted by atomic mass is 10.1. The summed E-state index contributed by atoms with van der Waals surface area (Å²) >= 11 is 0. The van der Waals surface area contributed by atoms with Crippen LogP contribution in [-0.2, 0) is 19.6 Å². The van der Waals surface area contributed by atoms with E-state index in [4.69, 9.17) is 4.74 Å². The number of nitrogens with zero attached hydrogens (tertiary/aromatic N) is 1. The molecular formula is C24H24F5N3O6S. The Morgan fingerprint density at radius 2 is 1.77 bits per heavy atom. The van der Waals surface area contributed by atoms with E-state index >= 15 is 0 Å². The molecule has 1 saturated carbocycles. The SMILES string of the molecule is CC(C)(OC(=O)Nc1ccc2c(c1)N(S(=O)(=O)c1ccc(F)cc1)C[C@H](CNC(=O)[C@@H]1C[C@@H]1F)O2)C(F)(F)F. The maximum absolute atomic E-state index is 13.5. The molecule has 3 atom stereocenters. The van der Waals surface area contributed by atoms with Crippen molar-refractivity contribution in [2.45, 2.75) is 49.2 Å². The lowest BCUT2D eigenvalue weighted by molar-refractivity contribution is -0.242. The first-order valence-corrected chi connectivity index (χ1v) is 13.1. The lowest BCUT2D eigenvalue weighted by Gasteiger charge is -2.36. The quantitative estimate of drug-likeness (QED) is 0.479. The molecule has 0 radical (unpaired) electrons. The second-order valence-electron chi connectivity index (χ2n) is 9.54. The van der Waals surface area contributed by atoms with Gasteiger partial charge < -0.3 is 14.8 Å². The number of rotatable bonds is 7. The number of sulfonamides is 1. The van der Waals surface area contributed by atoms with E-state index < -0.39 is 57.8 Å². The fourth-order valence-corrected chi connectivity index (χ4v) is 5.17. The van der Waals surface area contributed by atoms with Crippen molar-refractivity contribution in [2.75, 3.05) is 22.7 Å². The third-order valence-corrected chi connectivity index (χ3v) is 7.92. The Labute approximate surface area is 220 Å². The van der Waals surface area contributed by atoms with Crippen LogP contribution in [0.25, 0.3) is 0 Å². The van der Waals surface area contributed by atoms with Crippen molar-refractivity contribution in [3.63, 3.8) is 0 Å². The van der Waals surface area contributed by atoms with Gasteiger partial charge in [0.15, 0.2) is 0 Å². The van der Waals surface area contributed by atoms with Gasteiger partial charge in [-0.25, -0.2) is 22.0 Å². The van der Waals surface area contributed by atoms with E-state index in [0.717, 1.165) is 34.6 Å². The fraction of sp³-hybridized carbons (Fsp3) is 0.417. The third kappa shape index (κ3) is 6.18. The van der Waals surface area contributed by atoms with E-state index in [1.807, 2.05) is 0 Å². The number of benzene rings is 2.